The number of primary amides is 1. The SMILES string of the molecule is CC(=O)N[C@@H](CCC(N)=O)C(=O)N[C@@H](CC1CCCCC1)C(=O)N[C@@H](CC(=O)O)C(=O)N[C@@H](CC(C)(C)C)C(=O)N[C@@H](Cc1ccccc1)C(=O)O. The Morgan fingerprint density at radius 2 is 1.25 bits per heavy atom. The summed E-state index contributed by atoms with van der Waals surface area (Å²) in [7, 11) is 0. The summed E-state index contributed by atoms with van der Waals surface area (Å²) in [5.74, 6) is -7.40. The zero-order chi connectivity index (χ0) is 39.0. The van der Waals surface area contributed by atoms with Crippen molar-refractivity contribution in [1.29, 1.82) is 0 Å². The minimum Gasteiger partial charge on any atom is -0.481 e. The third kappa shape index (κ3) is 16.3. The first-order chi connectivity index (χ1) is 24.3. The lowest BCUT2D eigenvalue weighted by Crippen LogP contribution is -2.59. The number of nitrogens with one attached hydrogen (secondary N) is 5. The fraction of sp³-hybridized carbons (Fsp3) is 0.611. The molecule has 0 radical (unpaired) electrons. The van der Waals surface area contributed by atoms with Crippen LogP contribution in [0.2, 0.25) is 0 Å². The molecule has 0 aromatic heterocycles. The maximum absolute atomic E-state index is 13.8. The van der Waals surface area contributed by atoms with Crippen LogP contribution in [-0.2, 0) is 44.8 Å². The average Bonchev–Trinajstić information content (AvgIpc) is 3.05. The van der Waals surface area contributed by atoms with Gasteiger partial charge in [-0.2, -0.15) is 0 Å². The van der Waals surface area contributed by atoms with Gasteiger partial charge in [0.15, 0.2) is 0 Å². The van der Waals surface area contributed by atoms with Gasteiger partial charge < -0.3 is 42.5 Å². The number of carboxylic acids is 2. The molecule has 0 bridgehead atoms. The number of benzene rings is 1. The summed E-state index contributed by atoms with van der Waals surface area (Å²) in [5, 5.41) is 32.0. The van der Waals surface area contributed by atoms with Gasteiger partial charge in [0.25, 0.3) is 0 Å². The zero-order valence-electron chi connectivity index (χ0n) is 30.4. The highest BCUT2D eigenvalue weighted by Crippen LogP contribution is 2.28. The van der Waals surface area contributed by atoms with Gasteiger partial charge >= 0.3 is 11.9 Å². The first-order valence-electron chi connectivity index (χ1n) is 17.6. The van der Waals surface area contributed by atoms with Gasteiger partial charge in [0.1, 0.15) is 30.2 Å². The fourth-order valence-electron chi connectivity index (χ4n) is 6.13. The first-order valence-corrected chi connectivity index (χ1v) is 17.6. The van der Waals surface area contributed by atoms with Crippen LogP contribution in [0.25, 0.3) is 0 Å². The number of amides is 6. The fourth-order valence-corrected chi connectivity index (χ4v) is 6.13. The van der Waals surface area contributed by atoms with Crippen molar-refractivity contribution in [3.8, 4) is 0 Å². The molecular weight excluding hydrogens is 676 g/mol. The van der Waals surface area contributed by atoms with Crippen molar-refractivity contribution < 1.29 is 48.6 Å². The van der Waals surface area contributed by atoms with Crippen LogP contribution in [-0.4, -0.2) is 87.8 Å². The lowest BCUT2D eigenvalue weighted by molar-refractivity contribution is -0.143. The van der Waals surface area contributed by atoms with Crippen LogP contribution in [0.1, 0.15) is 97.5 Å². The van der Waals surface area contributed by atoms with Crippen molar-refractivity contribution in [3.05, 3.63) is 35.9 Å². The van der Waals surface area contributed by atoms with E-state index in [1.807, 2.05) is 0 Å². The maximum atomic E-state index is 13.8. The Balaban J connectivity index is 2.33. The molecule has 16 nitrogen and oxygen atoms in total. The quantitative estimate of drug-likeness (QED) is 0.0940. The van der Waals surface area contributed by atoms with E-state index in [9.17, 15) is 48.6 Å². The van der Waals surface area contributed by atoms with E-state index >= 15 is 0 Å². The van der Waals surface area contributed by atoms with Crippen LogP contribution in [0.15, 0.2) is 30.3 Å². The number of hydrogen-bond donors (Lipinski definition) is 8. The van der Waals surface area contributed by atoms with Crippen molar-refractivity contribution >= 4 is 47.4 Å². The monoisotopic (exact) mass is 730 g/mol. The highest BCUT2D eigenvalue weighted by molar-refractivity contribution is 5.97. The van der Waals surface area contributed by atoms with Gasteiger partial charge in [-0.25, -0.2) is 4.79 Å². The van der Waals surface area contributed by atoms with Crippen molar-refractivity contribution in [2.75, 3.05) is 0 Å². The second kappa shape index (κ2) is 20.7. The molecule has 1 aliphatic rings. The van der Waals surface area contributed by atoms with E-state index in [0.29, 0.717) is 5.56 Å². The van der Waals surface area contributed by atoms with Crippen molar-refractivity contribution in [1.82, 2.24) is 26.6 Å². The maximum Gasteiger partial charge on any atom is 0.326 e. The van der Waals surface area contributed by atoms with Gasteiger partial charge in [-0.15, -0.1) is 0 Å². The minimum absolute atomic E-state index is 0.0271. The number of aliphatic carboxylic acids is 2. The summed E-state index contributed by atoms with van der Waals surface area (Å²) in [6.45, 7) is 6.57. The summed E-state index contributed by atoms with van der Waals surface area (Å²) in [6.07, 6.45) is 3.34. The van der Waals surface area contributed by atoms with E-state index in [4.69, 9.17) is 5.73 Å². The van der Waals surface area contributed by atoms with E-state index in [-0.39, 0.29) is 38.0 Å². The second-order valence-corrected chi connectivity index (χ2v) is 14.6. The number of carboxylic acid groups (broad SMARTS) is 2. The highest BCUT2D eigenvalue weighted by Gasteiger charge is 2.35. The molecule has 0 aliphatic heterocycles. The molecule has 0 saturated heterocycles. The highest BCUT2D eigenvalue weighted by atomic mass is 16.4. The van der Waals surface area contributed by atoms with Gasteiger partial charge in [-0.3, -0.25) is 33.6 Å². The molecule has 9 N–H and O–H groups in total. The average molecular weight is 731 g/mol. The molecule has 16 heteroatoms. The van der Waals surface area contributed by atoms with Crippen LogP contribution in [0.5, 0.6) is 0 Å². The van der Waals surface area contributed by atoms with Crippen molar-refractivity contribution in [2.24, 2.45) is 17.1 Å². The molecule has 2 rings (SSSR count). The molecule has 0 unspecified atom stereocenters. The van der Waals surface area contributed by atoms with Crippen molar-refractivity contribution in [2.45, 2.75) is 129 Å². The molecule has 52 heavy (non-hydrogen) atoms. The van der Waals surface area contributed by atoms with Crippen LogP contribution in [0.3, 0.4) is 0 Å². The number of nitrogens with two attached hydrogens (primary N) is 1. The van der Waals surface area contributed by atoms with Crippen molar-refractivity contribution in [3.63, 3.8) is 0 Å². The minimum atomic E-state index is -1.69. The molecule has 0 heterocycles. The Hall–Kier alpha value is -5.02. The third-order valence-electron chi connectivity index (χ3n) is 8.66. The second-order valence-electron chi connectivity index (χ2n) is 14.6. The summed E-state index contributed by atoms with van der Waals surface area (Å²) < 4.78 is 0. The van der Waals surface area contributed by atoms with E-state index < -0.39 is 89.4 Å². The number of carbonyl (C=O) groups excluding carboxylic acids is 6. The predicted octanol–water partition coefficient (Wildman–Crippen LogP) is 0.904. The number of carbonyl (C=O) groups is 8. The van der Waals surface area contributed by atoms with Gasteiger partial charge in [-0.1, -0.05) is 83.2 Å². The number of hydrogen-bond acceptors (Lipinski definition) is 8. The van der Waals surface area contributed by atoms with Gasteiger partial charge in [0.05, 0.1) is 6.42 Å². The van der Waals surface area contributed by atoms with Crippen LogP contribution in [0.4, 0.5) is 0 Å². The first kappa shape index (κ1) is 43.1. The molecule has 288 valence electrons. The largest absolute Gasteiger partial charge is 0.481 e. The Morgan fingerprint density at radius 1 is 0.731 bits per heavy atom. The van der Waals surface area contributed by atoms with Crippen LogP contribution < -0.4 is 32.3 Å². The molecule has 1 aromatic rings. The van der Waals surface area contributed by atoms with E-state index in [2.05, 4.69) is 26.6 Å². The smallest absolute Gasteiger partial charge is 0.326 e. The van der Waals surface area contributed by atoms with E-state index in [1.165, 1.54) is 6.92 Å². The van der Waals surface area contributed by atoms with Gasteiger partial charge in [-0.05, 0) is 36.2 Å². The van der Waals surface area contributed by atoms with Crippen LogP contribution >= 0.6 is 0 Å². The molecule has 5 atom stereocenters. The normalized spacial score (nSPS) is 16.2. The lowest BCUT2D eigenvalue weighted by Gasteiger charge is -2.30. The molecule has 1 saturated carbocycles. The zero-order valence-corrected chi connectivity index (χ0v) is 30.4. The van der Waals surface area contributed by atoms with Gasteiger partial charge in [0.2, 0.25) is 35.4 Å². The number of rotatable bonds is 20. The lowest BCUT2D eigenvalue weighted by atomic mass is 9.84. The summed E-state index contributed by atoms with van der Waals surface area (Å²) in [5.41, 5.74) is 5.33. The topological polar surface area (TPSA) is 263 Å². The summed E-state index contributed by atoms with van der Waals surface area (Å²) in [6, 6.07) is 1.87. The standard InChI is InChI=1S/C36H54N6O10/c1-21(43)38-24(15-16-29(37)44)31(47)39-25(17-22-11-7-5-8-12-22)32(48)40-26(19-30(45)46)33(49)42-28(20-36(2,3)4)34(50)41-27(35(51)52)18-23-13-9-6-10-14-23/h6,9-10,13-14,22,24-28H,5,7-8,11-12,15-20H2,1-4H3,(H2,37,44)(H,38,43)(H,39,47)(H,40,48)(H,41,50)(H,42,49)(H,45,46)(H,51,52)/t24-,25-,26-,27-,28-/m0/s1. The Labute approximate surface area is 303 Å². The van der Waals surface area contributed by atoms with E-state index in [1.54, 1.807) is 51.1 Å². The molecule has 0 spiro atoms. The van der Waals surface area contributed by atoms with E-state index in [0.717, 1.165) is 32.1 Å². The Kier molecular flexibility index (Phi) is 17.2. The van der Waals surface area contributed by atoms with Gasteiger partial charge in [0, 0.05) is 19.8 Å². The molecule has 1 fully saturated rings. The third-order valence-corrected chi connectivity index (χ3v) is 8.66. The summed E-state index contributed by atoms with van der Waals surface area (Å²) in [4.78, 5) is 102. The van der Waals surface area contributed by atoms with Crippen LogP contribution in [0, 0.1) is 11.3 Å². The molecule has 6 amide bonds. The molecular formula is C36H54N6O10. The summed E-state index contributed by atoms with van der Waals surface area (Å²) >= 11 is 0. The predicted molar refractivity (Wildman–Crippen MR) is 189 cm³/mol. The Morgan fingerprint density at radius 3 is 1.79 bits per heavy atom. The Bertz CT molecular complexity index is 1420. The molecule has 1 aromatic carbocycles. The molecule has 1 aliphatic carbocycles.